The Labute approximate surface area is 298 Å². The first-order valence-corrected chi connectivity index (χ1v) is 16.5. The van der Waals surface area contributed by atoms with E-state index in [1.807, 2.05) is 6.08 Å². The minimum Gasteiger partial charge on any atom is -0.502 e. The molecule has 0 radical (unpaired) electrons. The van der Waals surface area contributed by atoms with Crippen molar-refractivity contribution in [2.24, 2.45) is 23.7 Å². The molecular formula is C35H29Cl2F3N4O7. The van der Waals surface area contributed by atoms with E-state index in [0.717, 1.165) is 4.90 Å². The van der Waals surface area contributed by atoms with Gasteiger partial charge in [-0.25, -0.2) is 4.98 Å². The molecule has 6 atom stereocenters. The number of anilines is 1. The highest BCUT2D eigenvalue weighted by Gasteiger charge is 2.70. The lowest BCUT2D eigenvalue weighted by Gasteiger charge is -2.50. The molecule has 3 heterocycles. The summed E-state index contributed by atoms with van der Waals surface area (Å²) in [5, 5.41) is 11.4. The monoisotopic (exact) mass is 744 g/mol. The van der Waals surface area contributed by atoms with Crippen LogP contribution in [0.1, 0.15) is 35.4 Å². The maximum Gasteiger partial charge on any atom is 0.417 e. The molecule has 1 saturated carbocycles. The Morgan fingerprint density at radius 1 is 0.961 bits per heavy atom. The number of aromatic hydroxyl groups is 1. The Balaban J connectivity index is 1.48. The van der Waals surface area contributed by atoms with Gasteiger partial charge in [0.15, 0.2) is 17.3 Å². The molecule has 4 aliphatic rings. The van der Waals surface area contributed by atoms with Crippen LogP contribution in [-0.4, -0.2) is 64.9 Å². The Bertz CT molecular complexity index is 2020. The van der Waals surface area contributed by atoms with Gasteiger partial charge in [-0.2, -0.15) is 18.2 Å². The summed E-state index contributed by atoms with van der Waals surface area (Å²) in [6.45, 7) is 0. The third-order valence-corrected chi connectivity index (χ3v) is 11.2. The second kappa shape index (κ2) is 12.2. The minimum absolute atomic E-state index is 0.00269. The lowest BCUT2D eigenvalue weighted by atomic mass is 9.49. The Kier molecular flexibility index (Phi) is 8.25. The minimum atomic E-state index is -4.75. The van der Waals surface area contributed by atoms with Gasteiger partial charge in [0.2, 0.25) is 17.6 Å². The van der Waals surface area contributed by atoms with E-state index in [0.29, 0.717) is 39.0 Å². The number of amides is 4. The summed E-state index contributed by atoms with van der Waals surface area (Å²) in [6, 6.07) is 10.0. The number of nitrogens with zero attached hydrogens (tertiary/aromatic N) is 3. The van der Waals surface area contributed by atoms with Crippen LogP contribution >= 0.6 is 23.2 Å². The predicted octanol–water partition coefficient (Wildman–Crippen LogP) is 5.74. The van der Waals surface area contributed by atoms with Gasteiger partial charge in [0.25, 0.3) is 11.8 Å². The van der Waals surface area contributed by atoms with Gasteiger partial charge in [-0.1, -0.05) is 47.0 Å². The fourth-order valence-corrected chi connectivity index (χ4v) is 8.73. The topological polar surface area (TPSA) is 138 Å². The normalized spacial score (nSPS) is 27.2. The molecule has 4 amide bonds. The number of allylic oxidation sites excluding steroid dienone is 2. The fourth-order valence-electron chi connectivity index (χ4n) is 8.40. The summed E-state index contributed by atoms with van der Waals surface area (Å²) in [7, 11) is 4.08. The molecule has 2 aromatic carbocycles. The summed E-state index contributed by atoms with van der Waals surface area (Å²) in [4.78, 5) is 61.6. The van der Waals surface area contributed by atoms with Crippen LogP contribution in [0, 0.1) is 23.7 Å². The highest BCUT2D eigenvalue weighted by atomic mass is 35.5. The van der Waals surface area contributed by atoms with E-state index < -0.39 is 69.5 Å². The van der Waals surface area contributed by atoms with Crippen LogP contribution in [-0.2, 0) is 30.8 Å². The second-order valence-corrected chi connectivity index (χ2v) is 13.8. The summed E-state index contributed by atoms with van der Waals surface area (Å²) in [5.74, 6) is -7.42. The second-order valence-electron chi connectivity index (χ2n) is 12.9. The number of phenols is 1. The van der Waals surface area contributed by atoms with Crippen LogP contribution in [0.2, 0.25) is 10.0 Å². The van der Waals surface area contributed by atoms with Gasteiger partial charge in [0, 0.05) is 24.2 Å². The van der Waals surface area contributed by atoms with Crippen molar-refractivity contribution in [3.8, 4) is 17.2 Å². The number of imide groups is 2. The Morgan fingerprint density at radius 2 is 1.61 bits per heavy atom. The van der Waals surface area contributed by atoms with Crippen LogP contribution in [0.3, 0.4) is 0 Å². The average Bonchev–Trinajstić information content (AvgIpc) is 3.45. The lowest BCUT2D eigenvalue weighted by Crippen LogP contribution is -2.53. The molecular weight excluding hydrogens is 716 g/mol. The number of carbonyl (C=O) groups excluding carboxylic acids is 4. The van der Waals surface area contributed by atoms with Crippen LogP contribution in [0.4, 0.5) is 19.0 Å². The van der Waals surface area contributed by atoms with E-state index in [9.17, 15) is 32.7 Å². The Hall–Kier alpha value is -4.82. The first-order chi connectivity index (χ1) is 24.1. The largest absolute Gasteiger partial charge is 0.502 e. The zero-order chi connectivity index (χ0) is 36.7. The van der Waals surface area contributed by atoms with Crippen molar-refractivity contribution < 1.29 is 46.9 Å². The molecule has 11 nitrogen and oxygen atoms in total. The number of benzene rings is 2. The smallest absolute Gasteiger partial charge is 0.417 e. The SMILES string of the molecule is COc1cc([C@H]2C3=CC[C@@H]4C(=O)N(C)C(=O)[C@@H]4[C@@H]3C[C@H]3C(=O)N(Nc4ncc(C(F)(F)F)cc4Cl)C(=O)[C@@]23c2ccc(Cl)cc2)cc(OC)c1O. The molecule has 2 aliphatic carbocycles. The molecule has 1 aromatic heterocycles. The zero-order valence-corrected chi connectivity index (χ0v) is 28.6. The summed E-state index contributed by atoms with van der Waals surface area (Å²) < 4.78 is 51.2. The fraction of sp³-hybridized carbons (Fsp3) is 0.343. The Morgan fingerprint density at radius 3 is 2.20 bits per heavy atom. The molecule has 3 fully saturated rings. The third kappa shape index (κ3) is 5.05. The number of fused-ring (bicyclic) bond motifs is 4. The number of nitrogens with one attached hydrogen (secondary N) is 1. The molecule has 2 aliphatic heterocycles. The molecule has 3 aromatic rings. The van der Waals surface area contributed by atoms with Crippen molar-refractivity contribution in [1.29, 1.82) is 0 Å². The van der Waals surface area contributed by atoms with E-state index in [-0.39, 0.29) is 41.8 Å². The van der Waals surface area contributed by atoms with Gasteiger partial charge in [0.05, 0.1) is 48.0 Å². The van der Waals surface area contributed by atoms with Crippen molar-refractivity contribution in [2.45, 2.75) is 30.4 Å². The molecule has 0 bridgehead atoms. The number of pyridine rings is 1. The van der Waals surface area contributed by atoms with Gasteiger partial charge < -0.3 is 14.6 Å². The molecule has 2 N–H and O–H groups in total. The molecule has 2 saturated heterocycles. The van der Waals surface area contributed by atoms with Crippen molar-refractivity contribution in [2.75, 3.05) is 26.7 Å². The molecule has 266 valence electrons. The summed E-state index contributed by atoms with van der Waals surface area (Å²) in [6.07, 6.45) is -2.25. The molecule has 7 rings (SSSR count). The summed E-state index contributed by atoms with van der Waals surface area (Å²) in [5.41, 5.74) is 1.05. The molecule has 0 unspecified atom stereocenters. The maximum atomic E-state index is 15.2. The predicted molar refractivity (Wildman–Crippen MR) is 176 cm³/mol. The number of hydrazine groups is 1. The lowest BCUT2D eigenvalue weighted by molar-refractivity contribution is -0.140. The third-order valence-electron chi connectivity index (χ3n) is 10.6. The number of carbonyl (C=O) groups is 4. The van der Waals surface area contributed by atoms with Gasteiger partial charge in [0.1, 0.15) is 0 Å². The maximum absolute atomic E-state index is 15.2. The number of aromatic nitrogens is 1. The molecule has 16 heteroatoms. The van der Waals surface area contributed by atoms with Crippen molar-refractivity contribution in [3.05, 3.63) is 87.0 Å². The van der Waals surface area contributed by atoms with Crippen LogP contribution in [0.15, 0.2) is 60.3 Å². The highest BCUT2D eigenvalue weighted by Crippen LogP contribution is 2.64. The number of rotatable bonds is 6. The highest BCUT2D eigenvalue weighted by molar-refractivity contribution is 6.33. The average molecular weight is 746 g/mol. The van der Waals surface area contributed by atoms with Crippen LogP contribution in [0.5, 0.6) is 17.2 Å². The van der Waals surface area contributed by atoms with Crippen LogP contribution in [0.25, 0.3) is 0 Å². The van der Waals surface area contributed by atoms with Gasteiger partial charge in [-0.05, 0) is 60.2 Å². The van der Waals surface area contributed by atoms with Gasteiger partial charge in [-0.15, -0.1) is 0 Å². The number of alkyl halides is 3. The number of halogens is 5. The number of methoxy groups -OCH3 is 2. The van der Waals surface area contributed by atoms with E-state index in [2.05, 4.69) is 10.4 Å². The quantitative estimate of drug-likeness (QED) is 0.239. The first-order valence-electron chi connectivity index (χ1n) is 15.7. The standard InChI is InChI=1S/C35H29Cl2F3N4O7/c1-43-30(46)20-9-8-19-21(26(20)32(43)48)13-22-31(47)44(42-29-23(37)12-17(14-41-29)35(38,39)40)33(49)34(22,16-4-6-18(36)7-5-16)27(19)15-10-24(50-2)28(45)25(11-15)51-3/h4-8,10-12,14,20-22,26-27,45H,9,13H2,1-3H3,(H,41,42)/t20-,21+,22-,26-,27-,34+/m0/s1. The van der Waals surface area contributed by atoms with E-state index in [1.165, 1.54) is 33.4 Å². The molecule has 0 spiro atoms. The van der Waals surface area contributed by atoms with E-state index >= 15 is 4.79 Å². The van der Waals surface area contributed by atoms with E-state index in [4.69, 9.17) is 32.7 Å². The number of hydrogen-bond acceptors (Lipinski definition) is 9. The number of likely N-dealkylation sites (tertiary alicyclic amines) is 1. The van der Waals surface area contributed by atoms with Crippen molar-refractivity contribution in [1.82, 2.24) is 14.9 Å². The van der Waals surface area contributed by atoms with E-state index in [1.54, 1.807) is 24.3 Å². The van der Waals surface area contributed by atoms with Crippen molar-refractivity contribution in [3.63, 3.8) is 0 Å². The number of phenolic OH excluding ortho intramolecular Hbond substituents is 1. The van der Waals surface area contributed by atoms with Gasteiger partial charge >= 0.3 is 6.18 Å². The summed E-state index contributed by atoms with van der Waals surface area (Å²) >= 11 is 12.5. The zero-order valence-electron chi connectivity index (χ0n) is 27.1. The van der Waals surface area contributed by atoms with Crippen molar-refractivity contribution >= 4 is 52.6 Å². The van der Waals surface area contributed by atoms with Gasteiger partial charge in [-0.3, -0.25) is 29.5 Å². The molecule has 51 heavy (non-hydrogen) atoms. The number of ether oxygens (including phenoxy) is 2. The first kappa shape index (κ1) is 34.6. The number of hydrogen-bond donors (Lipinski definition) is 2. The van der Waals surface area contributed by atoms with Crippen LogP contribution < -0.4 is 14.9 Å².